The van der Waals surface area contributed by atoms with Crippen molar-refractivity contribution < 1.29 is 4.79 Å². The van der Waals surface area contributed by atoms with E-state index in [1.807, 2.05) is 12.3 Å². The molecule has 1 aliphatic heterocycles. The average molecular weight is 363 g/mol. The molecule has 1 amide bonds. The molecule has 7 heteroatoms. The van der Waals surface area contributed by atoms with Crippen LogP contribution in [0.15, 0.2) is 11.2 Å². The summed E-state index contributed by atoms with van der Waals surface area (Å²) in [6.45, 7) is 2.08. The predicted molar refractivity (Wildman–Crippen MR) is 100 cm³/mol. The second kappa shape index (κ2) is 6.88. The van der Waals surface area contributed by atoms with E-state index < -0.39 is 0 Å². The molecule has 0 aromatic carbocycles. The van der Waals surface area contributed by atoms with Gasteiger partial charge in [-0.15, -0.1) is 11.3 Å². The van der Waals surface area contributed by atoms with Crippen molar-refractivity contribution in [2.75, 3.05) is 24.2 Å². The zero-order valence-corrected chi connectivity index (χ0v) is 15.5. The summed E-state index contributed by atoms with van der Waals surface area (Å²) in [7, 11) is 0. The number of nitrogens with zero attached hydrogens (tertiary/aromatic N) is 3. The largest absolute Gasteiger partial charge is 0.356 e. The number of aromatic nitrogens is 2. The summed E-state index contributed by atoms with van der Waals surface area (Å²) in [4.78, 5) is 26.0. The first kappa shape index (κ1) is 16.1. The van der Waals surface area contributed by atoms with Crippen LogP contribution in [-0.2, 0) is 0 Å². The van der Waals surface area contributed by atoms with Crippen LogP contribution in [0, 0.1) is 0 Å². The third-order valence-corrected chi connectivity index (χ3v) is 6.43. The van der Waals surface area contributed by atoms with Gasteiger partial charge in [-0.2, -0.15) is 0 Å². The number of thioether (sulfide) groups is 1. The third kappa shape index (κ3) is 3.11. The van der Waals surface area contributed by atoms with Crippen LogP contribution in [0.25, 0.3) is 10.2 Å². The Morgan fingerprint density at radius 2 is 2.00 bits per heavy atom. The number of carbonyl (C=O) groups excluding carboxylic acids is 1. The first-order chi connectivity index (χ1) is 11.7. The van der Waals surface area contributed by atoms with E-state index in [-0.39, 0.29) is 5.91 Å². The lowest BCUT2D eigenvalue weighted by Gasteiger charge is -2.17. The van der Waals surface area contributed by atoms with E-state index in [2.05, 4.69) is 15.2 Å². The van der Waals surface area contributed by atoms with E-state index in [1.54, 1.807) is 11.8 Å². The smallest absolute Gasteiger partial charge is 0.261 e. The van der Waals surface area contributed by atoms with Gasteiger partial charge in [0.1, 0.15) is 10.6 Å². The van der Waals surface area contributed by atoms with Gasteiger partial charge in [0.15, 0.2) is 5.16 Å². The van der Waals surface area contributed by atoms with Crippen LogP contribution in [0.3, 0.4) is 0 Å². The van der Waals surface area contributed by atoms with Gasteiger partial charge in [0, 0.05) is 19.1 Å². The zero-order chi connectivity index (χ0) is 16.5. The molecule has 1 N–H and O–H groups in total. The van der Waals surface area contributed by atoms with Crippen LogP contribution in [-0.4, -0.2) is 41.3 Å². The van der Waals surface area contributed by atoms with Crippen LogP contribution in [0.5, 0.6) is 0 Å². The molecule has 2 aliphatic rings. The van der Waals surface area contributed by atoms with E-state index in [4.69, 9.17) is 4.98 Å². The lowest BCUT2D eigenvalue weighted by molar-refractivity contribution is 0.0942. The van der Waals surface area contributed by atoms with E-state index in [0.717, 1.165) is 52.0 Å². The molecule has 5 nitrogen and oxygen atoms in total. The number of carbonyl (C=O) groups is 1. The molecule has 0 bridgehead atoms. The highest BCUT2D eigenvalue weighted by Gasteiger charge is 2.23. The summed E-state index contributed by atoms with van der Waals surface area (Å²) < 4.78 is 0. The zero-order valence-electron chi connectivity index (χ0n) is 13.9. The molecule has 0 unspecified atom stereocenters. The SMILES string of the molecule is CSc1nc(N2CCCC2)c2cc(C(=O)NC3CCCC3)sc2n1. The highest BCUT2D eigenvalue weighted by Crippen LogP contribution is 2.34. The van der Waals surface area contributed by atoms with Gasteiger partial charge >= 0.3 is 0 Å². The van der Waals surface area contributed by atoms with Gasteiger partial charge in [-0.3, -0.25) is 4.79 Å². The molecule has 0 atom stereocenters. The molecule has 128 valence electrons. The number of nitrogens with one attached hydrogen (secondary N) is 1. The summed E-state index contributed by atoms with van der Waals surface area (Å²) >= 11 is 3.05. The summed E-state index contributed by atoms with van der Waals surface area (Å²) in [6, 6.07) is 2.33. The third-order valence-electron chi connectivity index (χ3n) is 4.85. The molecule has 2 aromatic heterocycles. The number of hydrogen-bond acceptors (Lipinski definition) is 6. The molecule has 3 heterocycles. The van der Waals surface area contributed by atoms with E-state index in [9.17, 15) is 4.79 Å². The highest BCUT2D eigenvalue weighted by atomic mass is 32.2. The van der Waals surface area contributed by atoms with Crippen LogP contribution in [0.1, 0.15) is 48.2 Å². The molecule has 1 aliphatic carbocycles. The van der Waals surface area contributed by atoms with Crippen molar-refractivity contribution in [1.82, 2.24) is 15.3 Å². The molecule has 2 fully saturated rings. The summed E-state index contributed by atoms with van der Waals surface area (Å²) in [5, 5.41) is 4.99. The summed E-state index contributed by atoms with van der Waals surface area (Å²) in [5.41, 5.74) is 0. The first-order valence-electron chi connectivity index (χ1n) is 8.66. The van der Waals surface area contributed by atoms with Crippen molar-refractivity contribution in [3.8, 4) is 0 Å². The van der Waals surface area contributed by atoms with Crippen molar-refractivity contribution in [3.05, 3.63) is 10.9 Å². The van der Waals surface area contributed by atoms with Crippen LogP contribution < -0.4 is 10.2 Å². The maximum absolute atomic E-state index is 12.6. The molecule has 4 rings (SSSR count). The fourth-order valence-corrected chi connectivity index (χ4v) is 4.93. The molecule has 24 heavy (non-hydrogen) atoms. The van der Waals surface area contributed by atoms with Crippen molar-refractivity contribution in [2.24, 2.45) is 0 Å². The van der Waals surface area contributed by atoms with Gasteiger partial charge in [0.2, 0.25) is 0 Å². The number of thiophene rings is 1. The summed E-state index contributed by atoms with van der Waals surface area (Å²) in [5.74, 6) is 1.04. The standard InChI is InChI=1S/C17H22N4OS2/c1-23-17-19-14(21-8-4-5-9-21)12-10-13(24-16(12)20-17)15(22)18-11-6-2-3-7-11/h10-11H,2-9H2,1H3,(H,18,22). The fraction of sp³-hybridized carbons (Fsp3) is 0.588. The number of anilines is 1. The Bertz CT molecular complexity index is 748. The van der Waals surface area contributed by atoms with E-state index >= 15 is 0 Å². The van der Waals surface area contributed by atoms with Crippen molar-refractivity contribution in [1.29, 1.82) is 0 Å². The minimum absolute atomic E-state index is 0.0444. The summed E-state index contributed by atoms with van der Waals surface area (Å²) in [6.07, 6.45) is 9.06. The Morgan fingerprint density at radius 3 is 2.71 bits per heavy atom. The Morgan fingerprint density at radius 1 is 1.25 bits per heavy atom. The van der Waals surface area contributed by atoms with Crippen LogP contribution >= 0.6 is 23.1 Å². The topological polar surface area (TPSA) is 58.1 Å². The Hall–Kier alpha value is -1.34. The molecule has 0 spiro atoms. The molecule has 2 aromatic rings. The van der Waals surface area contributed by atoms with Crippen LogP contribution in [0.2, 0.25) is 0 Å². The molecular formula is C17H22N4OS2. The molecule has 1 saturated carbocycles. The highest BCUT2D eigenvalue weighted by molar-refractivity contribution is 7.98. The quantitative estimate of drug-likeness (QED) is 0.664. The van der Waals surface area contributed by atoms with Gasteiger partial charge in [0.25, 0.3) is 5.91 Å². The number of fused-ring (bicyclic) bond motifs is 1. The Labute approximate surface area is 150 Å². The molecular weight excluding hydrogens is 340 g/mol. The lowest BCUT2D eigenvalue weighted by Crippen LogP contribution is -2.31. The monoisotopic (exact) mass is 362 g/mol. The maximum atomic E-state index is 12.6. The number of hydrogen-bond donors (Lipinski definition) is 1. The van der Waals surface area contributed by atoms with Crippen molar-refractivity contribution in [3.63, 3.8) is 0 Å². The fourth-order valence-electron chi connectivity index (χ4n) is 3.59. The second-order valence-electron chi connectivity index (χ2n) is 6.51. The normalized spacial score (nSPS) is 18.6. The number of rotatable bonds is 4. The van der Waals surface area contributed by atoms with E-state index in [0.29, 0.717) is 6.04 Å². The van der Waals surface area contributed by atoms with Gasteiger partial charge in [0.05, 0.1) is 10.3 Å². The predicted octanol–water partition coefficient (Wildman–Crippen LogP) is 3.69. The maximum Gasteiger partial charge on any atom is 0.261 e. The van der Waals surface area contributed by atoms with Crippen LogP contribution in [0.4, 0.5) is 5.82 Å². The first-order valence-corrected chi connectivity index (χ1v) is 10.7. The Balaban J connectivity index is 1.67. The van der Waals surface area contributed by atoms with Gasteiger partial charge in [-0.25, -0.2) is 9.97 Å². The van der Waals surface area contributed by atoms with E-state index in [1.165, 1.54) is 37.0 Å². The number of amides is 1. The van der Waals surface area contributed by atoms with Gasteiger partial charge in [-0.1, -0.05) is 24.6 Å². The van der Waals surface area contributed by atoms with Crippen molar-refractivity contribution in [2.45, 2.75) is 49.7 Å². The van der Waals surface area contributed by atoms with Gasteiger partial charge in [-0.05, 0) is 38.0 Å². The molecule has 1 saturated heterocycles. The lowest BCUT2D eigenvalue weighted by atomic mass is 10.2. The minimum Gasteiger partial charge on any atom is -0.356 e. The minimum atomic E-state index is 0.0444. The Kier molecular flexibility index (Phi) is 4.63. The van der Waals surface area contributed by atoms with Crippen molar-refractivity contribution >= 4 is 45.0 Å². The second-order valence-corrected chi connectivity index (χ2v) is 8.32. The van der Waals surface area contributed by atoms with Gasteiger partial charge < -0.3 is 10.2 Å². The average Bonchev–Trinajstić information content (AvgIpc) is 3.33. The molecule has 0 radical (unpaired) electrons.